The maximum atomic E-state index is 6.07. The number of halogens is 1. The van der Waals surface area contributed by atoms with Crippen molar-refractivity contribution < 1.29 is 0 Å². The van der Waals surface area contributed by atoms with E-state index in [1.807, 2.05) is 19.1 Å². The quantitative estimate of drug-likeness (QED) is 0.831. The molecule has 0 saturated heterocycles. The minimum Gasteiger partial charge on any atom is -0.329 e. The Hall–Kier alpha value is -0.570. The van der Waals surface area contributed by atoms with Gasteiger partial charge in [0.05, 0.1) is 0 Å². The van der Waals surface area contributed by atoms with Crippen molar-refractivity contribution in [3.05, 3.63) is 34.3 Å². The van der Waals surface area contributed by atoms with Gasteiger partial charge in [-0.2, -0.15) is 0 Å². The van der Waals surface area contributed by atoms with E-state index in [-0.39, 0.29) is 0 Å². The Morgan fingerprint density at radius 1 is 1.38 bits per heavy atom. The molecule has 0 spiro atoms. The summed E-state index contributed by atoms with van der Waals surface area (Å²) in [6.45, 7) is 7.84. The standard InChI is InChI=1S/C13H21ClN2/c1-9(2)13(7-15)16-8-11-5-4-10(3)12(14)6-11/h4-6,9,13,16H,7-8,15H2,1-3H3. The van der Waals surface area contributed by atoms with Gasteiger partial charge in [0.25, 0.3) is 0 Å². The predicted octanol–water partition coefficient (Wildman–Crippen LogP) is 2.72. The third-order valence-electron chi connectivity index (χ3n) is 2.86. The van der Waals surface area contributed by atoms with E-state index >= 15 is 0 Å². The summed E-state index contributed by atoms with van der Waals surface area (Å²) < 4.78 is 0. The van der Waals surface area contributed by atoms with Gasteiger partial charge in [0.2, 0.25) is 0 Å². The predicted molar refractivity (Wildman–Crippen MR) is 70.7 cm³/mol. The highest BCUT2D eigenvalue weighted by Crippen LogP contribution is 2.16. The van der Waals surface area contributed by atoms with Gasteiger partial charge in [-0.05, 0) is 30.0 Å². The Balaban J connectivity index is 2.57. The zero-order valence-electron chi connectivity index (χ0n) is 10.3. The van der Waals surface area contributed by atoms with E-state index in [0.717, 1.165) is 17.1 Å². The maximum absolute atomic E-state index is 6.07. The highest BCUT2D eigenvalue weighted by atomic mass is 35.5. The van der Waals surface area contributed by atoms with Crippen molar-refractivity contribution in [3.63, 3.8) is 0 Å². The molecule has 0 fully saturated rings. The van der Waals surface area contributed by atoms with E-state index in [2.05, 4.69) is 25.2 Å². The van der Waals surface area contributed by atoms with E-state index in [1.165, 1.54) is 5.56 Å². The third kappa shape index (κ3) is 3.78. The Labute approximate surface area is 103 Å². The van der Waals surface area contributed by atoms with Crippen molar-refractivity contribution in [1.29, 1.82) is 0 Å². The Morgan fingerprint density at radius 2 is 2.06 bits per heavy atom. The molecule has 0 amide bonds. The number of rotatable bonds is 5. The first-order chi connectivity index (χ1) is 7.54. The van der Waals surface area contributed by atoms with Gasteiger partial charge in [-0.1, -0.05) is 37.6 Å². The minimum absolute atomic E-state index is 0.361. The lowest BCUT2D eigenvalue weighted by Gasteiger charge is -2.20. The van der Waals surface area contributed by atoms with E-state index in [4.69, 9.17) is 17.3 Å². The second-order valence-corrected chi connectivity index (χ2v) is 4.96. The van der Waals surface area contributed by atoms with Crippen LogP contribution >= 0.6 is 11.6 Å². The summed E-state index contributed by atoms with van der Waals surface area (Å²) in [5.41, 5.74) is 8.02. The van der Waals surface area contributed by atoms with Crippen molar-refractivity contribution >= 4 is 11.6 Å². The number of aryl methyl sites for hydroxylation is 1. The van der Waals surface area contributed by atoms with E-state index < -0.39 is 0 Å². The van der Waals surface area contributed by atoms with Gasteiger partial charge in [0.15, 0.2) is 0 Å². The molecular formula is C13H21ClN2. The molecule has 0 bridgehead atoms. The van der Waals surface area contributed by atoms with Gasteiger partial charge in [0, 0.05) is 24.2 Å². The normalized spacial score (nSPS) is 13.1. The number of hydrogen-bond acceptors (Lipinski definition) is 2. The first kappa shape index (κ1) is 13.5. The molecule has 0 aliphatic heterocycles. The lowest BCUT2D eigenvalue weighted by molar-refractivity contribution is 0.405. The van der Waals surface area contributed by atoms with Crippen molar-refractivity contribution in [3.8, 4) is 0 Å². The fourth-order valence-electron chi connectivity index (χ4n) is 1.59. The summed E-state index contributed by atoms with van der Waals surface area (Å²) in [6, 6.07) is 6.52. The number of nitrogens with two attached hydrogens (primary N) is 1. The molecule has 3 N–H and O–H groups in total. The first-order valence-corrected chi connectivity index (χ1v) is 6.11. The molecular weight excluding hydrogens is 220 g/mol. The Bertz CT molecular complexity index is 337. The van der Waals surface area contributed by atoms with E-state index in [0.29, 0.717) is 18.5 Å². The largest absolute Gasteiger partial charge is 0.329 e. The zero-order valence-corrected chi connectivity index (χ0v) is 11.0. The van der Waals surface area contributed by atoms with Crippen molar-refractivity contribution in [2.75, 3.05) is 6.54 Å². The van der Waals surface area contributed by atoms with Gasteiger partial charge < -0.3 is 11.1 Å². The maximum Gasteiger partial charge on any atom is 0.0438 e. The zero-order chi connectivity index (χ0) is 12.1. The van der Waals surface area contributed by atoms with Crippen LogP contribution in [0.4, 0.5) is 0 Å². The van der Waals surface area contributed by atoms with Crippen LogP contribution in [0, 0.1) is 12.8 Å². The lowest BCUT2D eigenvalue weighted by atomic mass is 10.0. The van der Waals surface area contributed by atoms with E-state index in [9.17, 15) is 0 Å². The monoisotopic (exact) mass is 240 g/mol. The van der Waals surface area contributed by atoms with Crippen LogP contribution in [0.1, 0.15) is 25.0 Å². The van der Waals surface area contributed by atoms with Crippen LogP contribution in [0.15, 0.2) is 18.2 Å². The van der Waals surface area contributed by atoms with Crippen LogP contribution in [0.5, 0.6) is 0 Å². The number of nitrogens with one attached hydrogen (secondary N) is 1. The molecule has 0 aromatic heterocycles. The molecule has 1 atom stereocenters. The van der Waals surface area contributed by atoms with Gasteiger partial charge in [0.1, 0.15) is 0 Å². The molecule has 1 aromatic rings. The molecule has 0 aliphatic rings. The third-order valence-corrected chi connectivity index (χ3v) is 3.27. The number of hydrogen-bond donors (Lipinski definition) is 2. The fourth-order valence-corrected chi connectivity index (χ4v) is 1.79. The average molecular weight is 241 g/mol. The van der Waals surface area contributed by atoms with Crippen molar-refractivity contribution in [2.45, 2.75) is 33.4 Å². The van der Waals surface area contributed by atoms with E-state index in [1.54, 1.807) is 0 Å². The van der Waals surface area contributed by atoms with Gasteiger partial charge in [-0.15, -0.1) is 0 Å². The molecule has 0 aliphatic carbocycles. The van der Waals surface area contributed by atoms with Gasteiger partial charge in [-0.3, -0.25) is 0 Å². The molecule has 2 nitrogen and oxygen atoms in total. The van der Waals surface area contributed by atoms with Crippen LogP contribution in [0.25, 0.3) is 0 Å². The Morgan fingerprint density at radius 3 is 2.56 bits per heavy atom. The summed E-state index contributed by atoms with van der Waals surface area (Å²) in [6.07, 6.45) is 0. The Kier molecular flexibility index (Phi) is 5.26. The first-order valence-electron chi connectivity index (χ1n) is 5.73. The molecule has 3 heteroatoms. The molecule has 0 radical (unpaired) electrons. The molecule has 1 rings (SSSR count). The van der Waals surface area contributed by atoms with Crippen LogP contribution in [0.2, 0.25) is 5.02 Å². The van der Waals surface area contributed by atoms with Crippen molar-refractivity contribution in [1.82, 2.24) is 5.32 Å². The molecule has 0 heterocycles. The second kappa shape index (κ2) is 6.24. The number of benzene rings is 1. The summed E-state index contributed by atoms with van der Waals surface area (Å²) in [5.74, 6) is 0.547. The molecule has 1 unspecified atom stereocenters. The highest BCUT2D eigenvalue weighted by molar-refractivity contribution is 6.31. The van der Waals surface area contributed by atoms with Gasteiger partial charge in [-0.25, -0.2) is 0 Å². The summed E-state index contributed by atoms with van der Waals surface area (Å²) in [7, 11) is 0. The highest BCUT2D eigenvalue weighted by Gasteiger charge is 2.10. The van der Waals surface area contributed by atoms with Gasteiger partial charge >= 0.3 is 0 Å². The SMILES string of the molecule is Cc1ccc(CNC(CN)C(C)C)cc1Cl. The van der Waals surface area contributed by atoms with Crippen LogP contribution in [0.3, 0.4) is 0 Å². The fraction of sp³-hybridized carbons (Fsp3) is 0.538. The average Bonchev–Trinajstić information content (AvgIpc) is 2.23. The lowest BCUT2D eigenvalue weighted by Crippen LogP contribution is -2.39. The minimum atomic E-state index is 0.361. The smallest absolute Gasteiger partial charge is 0.0438 e. The molecule has 1 aromatic carbocycles. The van der Waals surface area contributed by atoms with Crippen LogP contribution < -0.4 is 11.1 Å². The summed E-state index contributed by atoms with van der Waals surface area (Å²) >= 11 is 6.07. The van der Waals surface area contributed by atoms with Crippen LogP contribution in [-0.4, -0.2) is 12.6 Å². The molecule has 0 saturated carbocycles. The molecule has 90 valence electrons. The molecule has 16 heavy (non-hydrogen) atoms. The second-order valence-electron chi connectivity index (χ2n) is 4.55. The summed E-state index contributed by atoms with van der Waals surface area (Å²) in [4.78, 5) is 0. The summed E-state index contributed by atoms with van der Waals surface area (Å²) in [5, 5.41) is 4.28. The topological polar surface area (TPSA) is 38.0 Å². The van der Waals surface area contributed by atoms with Crippen molar-refractivity contribution in [2.24, 2.45) is 11.7 Å². The van der Waals surface area contributed by atoms with Crippen LogP contribution in [-0.2, 0) is 6.54 Å².